The molecule has 0 amide bonds. The molecule has 0 N–H and O–H groups in total. The van der Waals surface area contributed by atoms with Crippen LogP contribution in [0.2, 0.25) is 5.02 Å². The van der Waals surface area contributed by atoms with Crippen molar-refractivity contribution in [1.29, 1.82) is 5.26 Å². The summed E-state index contributed by atoms with van der Waals surface area (Å²) in [5.74, 6) is 0.822. The Balaban J connectivity index is 2.33. The monoisotopic (exact) mass is 353 g/mol. The van der Waals surface area contributed by atoms with Crippen molar-refractivity contribution < 1.29 is 0 Å². The molecule has 3 rings (SSSR count). The van der Waals surface area contributed by atoms with Crippen LogP contribution in [0.4, 0.5) is 5.82 Å². The number of nitrogens with zero attached hydrogens (tertiary/aromatic N) is 3. The van der Waals surface area contributed by atoms with Gasteiger partial charge in [0.1, 0.15) is 17.5 Å². The second-order valence-electron chi connectivity index (χ2n) is 6.47. The number of halogens is 1. The summed E-state index contributed by atoms with van der Waals surface area (Å²) in [6, 6.07) is 10.3. The zero-order chi connectivity index (χ0) is 17.8. The molecule has 0 saturated heterocycles. The fraction of sp³-hybridized carbons (Fsp3) is 0.429. The molecule has 0 aliphatic heterocycles. The smallest absolute Gasteiger partial charge is 0.147 e. The number of benzene rings is 1. The van der Waals surface area contributed by atoms with E-state index in [2.05, 4.69) is 30.9 Å². The van der Waals surface area contributed by atoms with E-state index in [1.54, 1.807) is 0 Å². The van der Waals surface area contributed by atoms with Crippen molar-refractivity contribution in [2.24, 2.45) is 0 Å². The molecule has 1 aromatic carbocycles. The first-order valence-corrected chi connectivity index (χ1v) is 9.54. The molecule has 0 saturated carbocycles. The minimum absolute atomic E-state index is 0.687. The highest BCUT2D eigenvalue weighted by Gasteiger charge is 2.24. The van der Waals surface area contributed by atoms with E-state index < -0.39 is 0 Å². The number of anilines is 1. The number of hydrogen-bond donors (Lipinski definition) is 0. The SMILES string of the molecule is CCN(CC)c1nc2c(c(-c3cccc(Cl)c3)c1C#N)CCCCC2. The summed E-state index contributed by atoms with van der Waals surface area (Å²) >= 11 is 6.25. The summed E-state index contributed by atoms with van der Waals surface area (Å²) in [5.41, 5.74) is 5.16. The average molecular weight is 354 g/mol. The molecule has 0 bridgehead atoms. The van der Waals surface area contributed by atoms with E-state index in [4.69, 9.17) is 16.6 Å². The number of rotatable bonds is 4. The van der Waals surface area contributed by atoms with E-state index in [0.717, 1.165) is 55.0 Å². The van der Waals surface area contributed by atoms with Crippen LogP contribution < -0.4 is 4.90 Å². The molecule has 4 heteroatoms. The number of hydrogen-bond acceptors (Lipinski definition) is 3. The molecule has 0 unspecified atom stereocenters. The topological polar surface area (TPSA) is 39.9 Å². The van der Waals surface area contributed by atoms with E-state index in [0.29, 0.717) is 10.6 Å². The van der Waals surface area contributed by atoms with Gasteiger partial charge >= 0.3 is 0 Å². The van der Waals surface area contributed by atoms with Crippen LogP contribution in [0.5, 0.6) is 0 Å². The van der Waals surface area contributed by atoms with Gasteiger partial charge in [-0.25, -0.2) is 4.98 Å². The third kappa shape index (κ3) is 3.50. The zero-order valence-electron chi connectivity index (χ0n) is 15.0. The van der Waals surface area contributed by atoms with Gasteiger partial charge < -0.3 is 4.90 Å². The van der Waals surface area contributed by atoms with Gasteiger partial charge in [0.05, 0.1) is 0 Å². The van der Waals surface area contributed by atoms with Gasteiger partial charge in [-0.05, 0) is 62.8 Å². The van der Waals surface area contributed by atoms with Gasteiger partial charge in [0, 0.05) is 29.4 Å². The van der Waals surface area contributed by atoms with E-state index in [-0.39, 0.29) is 0 Å². The van der Waals surface area contributed by atoms with Gasteiger partial charge in [-0.2, -0.15) is 5.26 Å². The molecule has 1 aliphatic carbocycles. The first-order valence-electron chi connectivity index (χ1n) is 9.16. The van der Waals surface area contributed by atoms with Gasteiger partial charge in [-0.15, -0.1) is 0 Å². The van der Waals surface area contributed by atoms with Crippen LogP contribution in [0.15, 0.2) is 24.3 Å². The lowest BCUT2D eigenvalue weighted by Crippen LogP contribution is -2.25. The molecule has 2 aromatic rings. The predicted molar refractivity (Wildman–Crippen MR) is 104 cm³/mol. The van der Waals surface area contributed by atoms with E-state index in [9.17, 15) is 5.26 Å². The highest BCUT2D eigenvalue weighted by Crippen LogP contribution is 2.38. The van der Waals surface area contributed by atoms with Crippen LogP contribution in [0.25, 0.3) is 11.1 Å². The van der Waals surface area contributed by atoms with Gasteiger partial charge in [-0.1, -0.05) is 30.2 Å². The molecule has 1 aromatic heterocycles. The minimum atomic E-state index is 0.687. The lowest BCUT2D eigenvalue weighted by molar-refractivity contribution is 0.708. The quantitative estimate of drug-likeness (QED) is 0.692. The minimum Gasteiger partial charge on any atom is -0.356 e. The van der Waals surface area contributed by atoms with E-state index in [1.165, 1.54) is 18.4 Å². The van der Waals surface area contributed by atoms with Crippen molar-refractivity contribution in [3.05, 3.63) is 46.1 Å². The second-order valence-corrected chi connectivity index (χ2v) is 6.90. The maximum absolute atomic E-state index is 9.99. The number of pyridine rings is 1. The molecule has 0 atom stereocenters. The lowest BCUT2D eigenvalue weighted by Gasteiger charge is -2.25. The molecular weight excluding hydrogens is 330 g/mol. The summed E-state index contributed by atoms with van der Waals surface area (Å²) in [6.45, 7) is 5.89. The first kappa shape index (κ1) is 17.8. The van der Waals surface area contributed by atoms with Crippen LogP contribution in [0.1, 0.15) is 49.9 Å². The molecular formula is C21H24ClN3. The fourth-order valence-electron chi connectivity index (χ4n) is 3.73. The van der Waals surface area contributed by atoms with Gasteiger partial charge in [0.2, 0.25) is 0 Å². The Hall–Kier alpha value is -2.05. The molecule has 1 aliphatic rings. The Bertz CT molecular complexity index is 804. The molecule has 0 spiro atoms. The van der Waals surface area contributed by atoms with Crippen molar-refractivity contribution in [2.75, 3.05) is 18.0 Å². The van der Waals surface area contributed by atoms with E-state index in [1.807, 2.05) is 18.2 Å². The average Bonchev–Trinajstić information content (AvgIpc) is 2.86. The first-order chi connectivity index (χ1) is 12.2. The molecule has 25 heavy (non-hydrogen) atoms. The summed E-state index contributed by atoms with van der Waals surface area (Å²) in [6.07, 6.45) is 5.50. The predicted octanol–water partition coefficient (Wildman–Crippen LogP) is 5.39. The Morgan fingerprint density at radius 1 is 1.16 bits per heavy atom. The summed E-state index contributed by atoms with van der Waals surface area (Å²) in [7, 11) is 0. The number of fused-ring (bicyclic) bond motifs is 1. The summed E-state index contributed by atoms with van der Waals surface area (Å²) < 4.78 is 0. The standard InChI is InChI=1S/C21H24ClN3/c1-3-25(4-2)21-18(14-23)20(15-9-8-10-16(22)13-15)17-11-6-5-7-12-19(17)24-21/h8-10,13H,3-7,11-12H2,1-2H3. The van der Waals surface area contributed by atoms with Crippen molar-refractivity contribution in [3.8, 4) is 17.2 Å². The summed E-state index contributed by atoms with van der Waals surface area (Å²) in [4.78, 5) is 7.14. The fourth-order valence-corrected chi connectivity index (χ4v) is 3.92. The number of nitriles is 1. The van der Waals surface area contributed by atoms with Crippen molar-refractivity contribution >= 4 is 17.4 Å². The van der Waals surface area contributed by atoms with Crippen LogP contribution in [-0.4, -0.2) is 18.1 Å². The van der Waals surface area contributed by atoms with Gasteiger partial charge in [0.15, 0.2) is 0 Å². The summed E-state index contributed by atoms with van der Waals surface area (Å²) in [5, 5.41) is 10.7. The second kappa shape index (κ2) is 7.89. The third-order valence-electron chi connectivity index (χ3n) is 4.99. The third-order valence-corrected chi connectivity index (χ3v) is 5.23. The molecule has 130 valence electrons. The molecule has 1 heterocycles. The Kier molecular flexibility index (Phi) is 5.60. The molecule has 3 nitrogen and oxygen atoms in total. The highest BCUT2D eigenvalue weighted by atomic mass is 35.5. The largest absolute Gasteiger partial charge is 0.356 e. The van der Waals surface area contributed by atoms with Crippen molar-refractivity contribution in [1.82, 2.24) is 4.98 Å². The maximum Gasteiger partial charge on any atom is 0.147 e. The highest BCUT2D eigenvalue weighted by molar-refractivity contribution is 6.30. The van der Waals surface area contributed by atoms with Crippen LogP contribution in [0.3, 0.4) is 0 Å². The van der Waals surface area contributed by atoms with E-state index >= 15 is 0 Å². The Morgan fingerprint density at radius 2 is 1.92 bits per heavy atom. The maximum atomic E-state index is 9.99. The Labute approximate surface area is 155 Å². The Morgan fingerprint density at radius 3 is 2.60 bits per heavy atom. The lowest BCUT2D eigenvalue weighted by atomic mass is 9.91. The van der Waals surface area contributed by atoms with Gasteiger partial charge in [-0.3, -0.25) is 0 Å². The molecule has 0 fully saturated rings. The van der Waals surface area contributed by atoms with Crippen molar-refractivity contribution in [3.63, 3.8) is 0 Å². The van der Waals surface area contributed by atoms with Crippen LogP contribution in [-0.2, 0) is 12.8 Å². The van der Waals surface area contributed by atoms with Crippen molar-refractivity contribution in [2.45, 2.75) is 46.0 Å². The number of aryl methyl sites for hydroxylation is 1. The van der Waals surface area contributed by atoms with Gasteiger partial charge in [0.25, 0.3) is 0 Å². The zero-order valence-corrected chi connectivity index (χ0v) is 15.7. The molecule has 0 radical (unpaired) electrons. The normalized spacial score (nSPS) is 13.7. The number of aromatic nitrogens is 1. The van der Waals surface area contributed by atoms with Crippen LogP contribution in [0, 0.1) is 11.3 Å². The van der Waals surface area contributed by atoms with Crippen LogP contribution >= 0.6 is 11.6 Å².